The SMILES string of the molecule is CCc1ccc(NC(=O)CN2CCC(Cc3nc(-c4ccncc4)no3)CC2)cc1. The van der Waals surface area contributed by atoms with E-state index in [1.165, 1.54) is 5.56 Å². The topological polar surface area (TPSA) is 84.2 Å². The van der Waals surface area contributed by atoms with Crippen molar-refractivity contribution in [3.63, 3.8) is 0 Å². The third-order valence-corrected chi connectivity index (χ3v) is 5.59. The number of nitrogens with zero attached hydrogens (tertiary/aromatic N) is 4. The summed E-state index contributed by atoms with van der Waals surface area (Å²) in [7, 11) is 0. The number of aromatic nitrogens is 3. The summed E-state index contributed by atoms with van der Waals surface area (Å²) < 4.78 is 5.44. The van der Waals surface area contributed by atoms with Crippen molar-refractivity contribution in [1.82, 2.24) is 20.0 Å². The molecule has 30 heavy (non-hydrogen) atoms. The molecule has 0 spiro atoms. The Labute approximate surface area is 176 Å². The summed E-state index contributed by atoms with van der Waals surface area (Å²) >= 11 is 0. The van der Waals surface area contributed by atoms with Crippen LogP contribution in [0.3, 0.4) is 0 Å². The smallest absolute Gasteiger partial charge is 0.238 e. The van der Waals surface area contributed by atoms with Crippen molar-refractivity contribution in [2.45, 2.75) is 32.6 Å². The molecule has 3 heterocycles. The number of benzene rings is 1. The number of hydrogen-bond donors (Lipinski definition) is 1. The van der Waals surface area contributed by atoms with Crippen LogP contribution < -0.4 is 5.32 Å². The maximum Gasteiger partial charge on any atom is 0.238 e. The van der Waals surface area contributed by atoms with E-state index in [-0.39, 0.29) is 5.91 Å². The molecule has 1 aromatic carbocycles. The molecule has 1 N–H and O–H groups in total. The monoisotopic (exact) mass is 405 g/mol. The minimum Gasteiger partial charge on any atom is -0.339 e. The summed E-state index contributed by atoms with van der Waals surface area (Å²) in [5.41, 5.74) is 3.03. The lowest BCUT2D eigenvalue weighted by Crippen LogP contribution is -2.39. The Hall–Kier alpha value is -3.06. The van der Waals surface area contributed by atoms with Gasteiger partial charge in [-0.2, -0.15) is 4.98 Å². The molecule has 0 unspecified atom stereocenters. The molecule has 0 aliphatic carbocycles. The fourth-order valence-corrected chi connectivity index (χ4v) is 3.78. The number of pyridine rings is 1. The fourth-order valence-electron chi connectivity index (χ4n) is 3.78. The van der Waals surface area contributed by atoms with E-state index >= 15 is 0 Å². The molecule has 1 aliphatic heterocycles. The van der Waals surface area contributed by atoms with Crippen LogP contribution >= 0.6 is 0 Å². The Morgan fingerprint density at radius 3 is 2.57 bits per heavy atom. The van der Waals surface area contributed by atoms with Crippen LogP contribution in [0.1, 0.15) is 31.2 Å². The molecular formula is C23H27N5O2. The van der Waals surface area contributed by atoms with Crippen molar-refractivity contribution in [3.05, 3.63) is 60.2 Å². The van der Waals surface area contributed by atoms with Crippen LogP contribution in [0, 0.1) is 5.92 Å². The predicted octanol–water partition coefficient (Wildman–Crippen LogP) is 3.59. The van der Waals surface area contributed by atoms with Crippen molar-refractivity contribution in [3.8, 4) is 11.4 Å². The quantitative estimate of drug-likeness (QED) is 0.647. The molecule has 0 radical (unpaired) electrons. The normalized spacial score (nSPS) is 15.2. The van der Waals surface area contributed by atoms with Crippen molar-refractivity contribution in [1.29, 1.82) is 0 Å². The lowest BCUT2D eigenvalue weighted by atomic mass is 9.93. The standard InChI is InChI=1S/C23H27N5O2/c1-2-17-3-5-20(6-4-17)25-21(29)16-28-13-9-18(10-14-28)15-22-26-23(27-30-22)19-7-11-24-12-8-19/h3-8,11-12,18H,2,9-10,13-16H2,1H3,(H,25,29). The predicted molar refractivity (Wildman–Crippen MR) is 115 cm³/mol. The average molecular weight is 406 g/mol. The lowest BCUT2D eigenvalue weighted by Gasteiger charge is -2.30. The van der Waals surface area contributed by atoms with Crippen LogP contribution in [0.5, 0.6) is 0 Å². The van der Waals surface area contributed by atoms with Crippen LogP contribution in [0.15, 0.2) is 53.3 Å². The number of carbonyl (C=O) groups is 1. The molecule has 7 nitrogen and oxygen atoms in total. The van der Waals surface area contributed by atoms with Gasteiger partial charge < -0.3 is 9.84 Å². The number of likely N-dealkylation sites (tertiary alicyclic amines) is 1. The molecule has 156 valence electrons. The Balaban J connectivity index is 1.22. The van der Waals surface area contributed by atoms with Gasteiger partial charge in [0.1, 0.15) is 0 Å². The molecule has 7 heteroatoms. The summed E-state index contributed by atoms with van der Waals surface area (Å²) in [4.78, 5) is 23.1. The Morgan fingerprint density at radius 2 is 1.87 bits per heavy atom. The molecule has 1 fully saturated rings. The zero-order chi connectivity index (χ0) is 20.8. The number of amides is 1. The molecule has 3 aromatic rings. The second kappa shape index (κ2) is 9.63. The summed E-state index contributed by atoms with van der Waals surface area (Å²) in [6, 6.07) is 11.8. The third kappa shape index (κ3) is 5.30. The highest BCUT2D eigenvalue weighted by molar-refractivity contribution is 5.92. The van der Waals surface area contributed by atoms with Gasteiger partial charge >= 0.3 is 0 Å². The van der Waals surface area contributed by atoms with E-state index in [2.05, 4.69) is 44.4 Å². The van der Waals surface area contributed by atoms with Gasteiger partial charge in [0.15, 0.2) is 0 Å². The Bertz CT molecular complexity index is 947. The molecular weight excluding hydrogens is 378 g/mol. The van der Waals surface area contributed by atoms with Gasteiger partial charge in [-0.15, -0.1) is 0 Å². The average Bonchev–Trinajstić information content (AvgIpc) is 3.25. The summed E-state index contributed by atoms with van der Waals surface area (Å²) in [6.45, 7) is 4.35. The first-order valence-electron chi connectivity index (χ1n) is 10.5. The Morgan fingerprint density at radius 1 is 1.13 bits per heavy atom. The number of carbonyl (C=O) groups excluding carboxylic acids is 1. The molecule has 1 saturated heterocycles. The van der Waals surface area contributed by atoms with Gasteiger partial charge in [-0.05, 0) is 68.1 Å². The molecule has 0 saturated carbocycles. The van der Waals surface area contributed by atoms with E-state index in [1.807, 2.05) is 24.3 Å². The van der Waals surface area contributed by atoms with Gasteiger partial charge in [0.25, 0.3) is 0 Å². The molecule has 1 aliphatic rings. The maximum atomic E-state index is 12.4. The molecule has 1 amide bonds. The highest BCUT2D eigenvalue weighted by atomic mass is 16.5. The minimum atomic E-state index is 0.0385. The van der Waals surface area contributed by atoms with Gasteiger partial charge in [0, 0.05) is 30.1 Å². The van der Waals surface area contributed by atoms with Crippen LogP contribution in [-0.4, -0.2) is 45.6 Å². The molecule has 2 aromatic heterocycles. The van der Waals surface area contributed by atoms with Gasteiger partial charge in [0.2, 0.25) is 17.6 Å². The van der Waals surface area contributed by atoms with Gasteiger partial charge in [-0.3, -0.25) is 14.7 Å². The molecule has 0 bridgehead atoms. The van der Waals surface area contributed by atoms with Crippen LogP contribution in [0.2, 0.25) is 0 Å². The number of piperidine rings is 1. The van der Waals surface area contributed by atoms with E-state index in [9.17, 15) is 4.79 Å². The van der Waals surface area contributed by atoms with Crippen molar-refractivity contribution in [2.24, 2.45) is 5.92 Å². The minimum absolute atomic E-state index is 0.0385. The summed E-state index contributed by atoms with van der Waals surface area (Å²) in [5, 5.41) is 7.07. The third-order valence-electron chi connectivity index (χ3n) is 5.59. The largest absolute Gasteiger partial charge is 0.339 e. The number of aryl methyl sites for hydroxylation is 1. The van der Waals surface area contributed by atoms with E-state index in [1.54, 1.807) is 12.4 Å². The highest BCUT2D eigenvalue weighted by Crippen LogP contribution is 2.22. The van der Waals surface area contributed by atoms with Crippen molar-refractivity contribution in [2.75, 3.05) is 25.0 Å². The first-order valence-corrected chi connectivity index (χ1v) is 10.5. The van der Waals surface area contributed by atoms with Crippen molar-refractivity contribution >= 4 is 11.6 Å². The first kappa shape index (κ1) is 20.2. The highest BCUT2D eigenvalue weighted by Gasteiger charge is 2.23. The van der Waals surface area contributed by atoms with Gasteiger partial charge in [-0.25, -0.2) is 0 Å². The number of anilines is 1. The van der Waals surface area contributed by atoms with Crippen LogP contribution in [0.25, 0.3) is 11.4 Å². The van der Waals surface area contributed by atoms with Gasteiger partial charge in [-0.1, -0.05) is 24.2 Å². The summed E-state index contributed by atoms with van der Waals surface area (Å²) in [5.74, 6) is 1.82. The maximum absolute atomic E-state index is 12.4. The van der Waals surface area contributed by atoms with Crippen LogP contribution in [0.4, 0.5) is 5.69 Å². The number of hydrogen-bond acceptors (Lipinski definition) is 6. The van der Waals surface area contributed by atoms with Gasteiger partial charge in [0.05, 0.1) is 6.54 Å². The number of rotatable bonds is 7. The summed E-state index contributed by atoms with van der Waals surface area (Å²) in [6.07, 6.45) is 7.26. The van der Waals surface area contributed by atoms with Crippen LogP contribution in [-0.2, 0) is 17.6 Å². The van der Waals surface area contributed by atoms with E-state index < -0.39 is 0 Å². The van der Waals surface area contributed by atoms with E-state index in [4.69, 9.17) is 4.52 Å². The first-order chi connectivity index (χ1) is 14.7. The Kier molecular flexibility index (Phi) is 6.49. The van der Waals surface area contributed by atoms with Crippen molar-refractivity contribution < 1.29 is 9.32 Å². The lowest BCUT2D eigenvalue weighted by molar-refractivity contribution is -0.117. The van der Waals surface area contributed by atoms with E-state index in [0.717, 1.165) is 50.0 Å². The molecule has 4 rings (SSSR count). The molecule has 0 atom stereocenters. The fraction of sp³-hybridized carbons (Fsp3) is 0.391. The second-order valence-electron chi connectivity index (χ2n) is 7.77. The zero-order valence-corrected chi connectivity index (χ0v) is 17.3. The van der Waals surface area contributed by atoms with E-state index in [0.29, 0.717) is 24.2 Å². The number of nitrogens with one attached hydrogen (secondary N) is 1. The zero-order valence-electron chi connectivity index (χ0n) is 17.3. The second-order valence-corrected chi connectivity index (χ2v) is 7.77.